The lowest BCUT2D eigenvalue weighted by atomic mass is 9.75. The maximum atomic E-state index is 13.4. The van der Waals surface area contributed by atoms with Crippen molar-refractivity contribution in [3.05, 3.63) is 84.7 Å². The van der Waals surface area contributed by atoms with Gasteiger partial charge in [0.2, 0.25) is 17.7 Å². The van der Waals surface area contributed by atoms with Crippen molar-refractivity contribution in [2.75, 3.05) is 20.1 Å². The Kier molecular flexibility index (Phi) is 6.55. The molecule has 3 heterocycles. The molecular weight excluding hydrogens is 454 g/mol. The zero-order valence-corrected chi connectivity index (χ0v) is 20.3. The molecular formula is C29H29N3O4. The van der Waals surface area contributed by atoms with Crippen molar-refractivity contribution < 1.29 is 19.1 Å². The van der Waals surface area contributed by atoms with Crippen LogP contribution in [0.5, 0.6) is 5.75 Å². The molecule has 0 saturated carbocycles. The Labute approximate surface area is 210 Å². The molecule has 2 aromatic carbocycles. The maximum Gasteiger partial charge on any atom is 0.240 e. The minimum Gasteiger partial charge on any atom is -0.489 e. The lowest BCUT2D eigenvalue weighted by molar-refractivity contribution is -0.142. The number of pyridine rings is 1. The lowest BCUT2D eigenvalue weighted by Crippen LogP contribution is -2.46. The highest BCUT2D eigenvalue weighted by atomic mass is 16.5. The molecule has 2 fully saturated rings. The number of imide groups is 1. The van der Waals surface area contributed by atoms with Crippen molar-refractivity contribution in [1.29, 1.82) is 0 Å². The highest BCUT2D eigenvalue weighted by Crippen LogP contribution is 2.40. The first-order valence-electron chi connectivity index (χ1n) is 12.3. The van der Waals surface area contributed by atoms with E-state index in [-0.39, 0.29) is 36.7 Å². The number of carbonyl (C=O) groups is 3. The van der Waals surface area contributed by atoms with Crippen LogP contribution in [0, 0.1) is 0 Å². The van der Waals surface area contributed by atoms with Gasteiger partial charge in [-0.1, -0.05) is 54.6 Å². The van der Waals surface area contributed by atoms with Crippen molar-refractivity contribution in [3.63, 3.8) is 0 Å². The number of benzene rings is 2. The van der Waals surface area contributed by atoms with Gasteiger partial charge in [-0.2, -0.15) is 0 Å². The summed E-state index contributed by atoms with van der Waals surface area (Å²) in [7, 11) is 1.50. The zero-order valence-electron chi connectivity index (χ0n) is 20.3. The van der Waals surface area contributed by atoms with Crippen LogP contribution >= 0.6 is 0 Å². The molecule has 2 saturated heterocycles. The molecule has 0 bridgehead atoms. The van der Waals surface area contributed by atoms with Crippen LogP contribution in [0.25, 0.3) is 11.1 Å². The van der Waals surface area contributed by atoms with Crippen LogP contribution in [-0.4, -0.2) is 58.7 Å². The van der Waals surface area contributed by atoms with Gasteiger partial charge in [0.25, 0.3) is 0 Å². The molecule has 7 heteroatoms. The second kappa shape index (κ2) is 9.93. The van der Waals surface area contributed by atoms with E-state index in [9.17, 15) is 14.4 Å². The number of carbonyl (C=O) groups excluding carboxylic acids is 3. The topological polar surface area (TPSA) is 79.8 Å². The molecule has 0 radical (unpaired) electrons. The first-order chi connectivity index (χ1) is 17.5. The summed E-state index contributed by atoms with van der Waals surface area (Å²) in [6.07, 6.45) is 4.77. The van der Waals surface area contributed by atoms with E-state index < -0.39 is 5.41 Å². The first kappa shape index (κ1) is 23.7. The molecule has 0 spiro atoms. The molecule has 2 aliphatic rings. The second-order valence-electron chi connectivity index (χ2n) is 9.52. The standard InChI is InChI=1S/C29H29N3O4/c1-31-26(33)18-29(28(31)35,23-11-9-22(10-12-23)21-6-3-2-4-7-21)19-27(34)32-16-13-24(14-17-32)36-25-8-5-15-30-20-25/h2-12,15,20,24H,13-14,16-19H2,1H3/t29-/m1/s1. The van der Waals surface area contributed by atoms with Crippen LogP contribution in [0.4, 0.5) is 0 Å². The predicted octanol–water partition coefficient (Wildman–Crippen LogP) is 3.84. The van der Waals surface area contributed by atoms with Gasteiger partial charge in [0, 0.05) is 52.0 Å². The minimum atomic E-state index is -1.18. The number of likely N-dealkylation sites (N-methyl/N-ethyl adjacent to an activating group) is 1. The number of hydrogen-bond acceptors (Lipinski definition) is 5. The van der Waals surface area contributed by atoms with E-state index in [0.29, 0.717) is 31.5 Å². The number of amides is 3. The van der Waals surface area contributed by atoms with Gasteiger partial charge in [0.05, 0.1) is 11.6 Å². The summed E-state index contributed by atoms with van der Waals surface area (Å²) in [6.45, 7) is 1.09. The summed E-state index contributed by atoms with van der Waals surface area (Å²) in [5.41, 5.74) is 1.60. The van der Waals surface area contributed by atoms with Gasteiger partial charge in [-0.3, -0.25) is 24.3 Å². The van der Waals surface area contributed by atoms with Crippen LogP contribution in [0.1, 0.15) is 31.2 Å². The molecule has 0 aliphatic carbocycles. The normalized spacial score (nSPS) is 20.6. The number of piperidine rings is 1. The van der Waals surface area contributed by atoms with Gasteiger partial charge in [-0.25, -0.2) is 0 Å². The SMILES string of the molecule is CN1C(=O)C[C@@](CC(=O)N2CCC(Oc3cccnc3)CC2)(c2ccc(-c3ccccc3)cc2)C1=O. The average Bonchev–Trinajstić information content (AvgIpc) is 3.14. The second-order valence-corrected chi connectivity index (χ2v) is 9.52. The molecule has 3 amide bonds. The monoisotopic (exact) mass is 483 g/mol. The average molecular weight is 484 g/mol. The molecule has 7 nitrogen and oxygen atoms in total. The summed E-state index contributed by atoms with van der Waals surface area (Å²) in [6, 6.07) is 21.3. The van der Waals surface area contributed by atoms with Crippen molar-refractivity contribution in [2.24, 2.45) is 0 Å². The third-order valence-electron chi connectivity index (χ3n) is 7.27. The molecule has 3 aromatic rings. The lowest BCUT2D eigenvalue weighted by Gasteiger charge is -2.35. The number of ether oxygens (including phenoxy) is 1. The molecule has 1 aromatic heterocycles. The maximum absolute atomic E-state index is 13.4. The van der Waals surface area contributed by atoms with E-state index in [1.807, 2.05) is 66.7 Å². The van der Waals surface area contributed by atoms with Gasteiger partial charge in [-0.05, 0) is 28.8 Å². The Balaban J connectivity index is 1.32. The zero-order chi connectivity index (χ0) is 25.1. The molecule has 0 N–H and O–H groups in total. The molecule has 1 atom stereocenters. The minimum absolute atomic E-state index is 0.000654. The molecule has 5 rings (SSSR count). The Hall–Kier alpha value is -4.00. The Morgan fingerprint density at radius 2 is 1.67 bits per heavy atom. The van der Waals surface area contributed by atoms with Crippen LogP contribution in [0.3, 0.4) is 0 Å². The molecule has 36 heavy (non-hydrogen) atoms. The largest absolute Gasteiger partial charge is 0.489 e. The quantitative estimate of drug-likeness (QED) is 0.498. The van der Waals surface area contributed by atoms with Crippen molar-refractivity contribution >= 4 is 17.7 Å². The smallest absolute Gasteiger partial charge is 0.240 e. The number of rotatable bonds is 6. The van der Waals surface area contributed by atoms with E-state index in [2.05, 4.69) is 4.98 Å². The highest BCUT2D eigenvalue weighted by molar-refractivity contribution is 6.10. The van der Waals surface area contributed by atoms with E-state index >= 15 is 0 Å². The summed E-state index contributed by atoms with van der Waals surface area (Å²) >= 11 is 0. The Morgan fingerprint density at radius 1 is 0.972 bits per heavy atom. The summed E-state index contributed by atoms with van der Waals surface area (Å²) in [4.78, 5) is 46.4. The van der Waals surface area contributed by atoms with E-state index in [4.69, 9.17) is 4.74 Å². The van der Waals surface area contributed by atoms with Crippen molar-refractivity contribution in [3.8, 4) is 16.9 Å². The number of likely N-dealkylation sites (tertiary alicyclic amines) is 2. The van der Waals surface area contributed by atoms with Crippen molar-refractivity contribution in [1.82, 2.24) is 14.8 Å². The Morgan fingerprint density at radius 3 is 2.28 bits per heavy atom. The fourth-order valence-corrected chi connectivity index (χ4v) is 5.17. The summed E-state index contributed by atoms with van der Waals surface area (Å²) in [5, 5.41) is 0. The Bertz CT molecular complexity index is 1240. The summed E-state index contributed by atoms with van der Waals surface area (Å²) in [5.74, 6) is 0.0308. The van der Waals surface area contributed by atoms with Gasteiger partial charge in [0.1, 0.15) is 11.9 Å². The number of aromatic nitrogens is 1. The van der Waals surface area contributed by atoms with Crippen LogP contribution in [0.15, 0.2) is 79.1 Å². The third kappa shape index (κ3) is 4.61. The molecule has 0 unspecified atom stereocenters. The fraction of sp³-hybridized carbons (Fsp3) is 0.310. The van der Waals surface area contributed by atoms with Gasteiger partial charge in [-0.15, -0.1) is 0 Å². The van der Waals surface area contributed by atoms with Crippen LogP contribution < -0.4 is 4.74 Å². The van der Waals surface area contributed by atoms with Gasteiger partial charge >= 0.3 is 0 Å². The molecule has 2 aliphatic heterocycles. The fourth-order valence-electron chi connectivity index (χ4n) is 5.17. The van der Waals surface area contributed by atoms with Gasteiger partial charge in [0.15, 0.2) is 0 Å². The predicted molar refractivity (Wildman–Crippen MR) is 135 cm³/mol. The van der Waals surface area contributed by atoms with Crippen LogP contribution in [0.2, 0.25) is 0 Å². The third-order valence-corrected chi connectivity index (χ3v) is 7.27. The summed E-state index contributed by atoms with van der Waals surface area (Å²) < 4.78 is 5.99. The molecule has 184 valence electrons. The van der Waals surface area contributed by atoms with E-state index in [0.717, 1.165) is 21.8 Å². The number of nitrogens with zero attached hydrogens (tertiary/aromatic N) is 3. The van der Waals surface area contributed by atoms with E-state index in [1.165, 1.54) is 7.05 Å². The number of hydrogen-bond donors (Lipinski definition) is 0. The highest BCUT2D eigenvalue weighted by Gasteiger charge is 2.53. The van der Waals surface area contributed by atoms with Crippen LogP contribution in [-0.2, 0) is 19.8 Å². The van der Waals surface area contributed by atoms with E-state index in [1.54, 1.807) is 17.3 Å². The van der Waals surface area contributed by atoms with Crippen molar-refractivity contribution in [2.45, 2.75) is 37.2 Å². The van der Waals surface area contributed by atoms with Gasteiger partial charge < -0.3 is 9.64 Å². The first-order valence-corrected chi connectivity index (χ1v) is 12.3.